The average molecular weight is 270 g/mol. The molecule has 2 rings (SSSR count). The summed E-state index contributed by atoms with van der Waals surface area (Å²) in [5.41, 5.74) is 0.298. The second kappa shape index (κ2) is 6.80. The molecule has 0 spiro atoms. The number of hydrogen-bond donors (Lipinski definition) is 1. The Morgan fingerprint density at radius 1 is 1.39 bits per heavy atom. The van der Waals surface area contributed by atoms with Crippen molar-refractivity contribution in [2.45, 2.75) is 51.5 Å². The van der Waals surface area contributed by atoms with Gasteiger partial charge in [-0.2, -0.15) is 0 Å². The molecule has 0 aromatic carbocycles. The van der Waals surface area contributed by atoms with Gasteiger partial charge >= 0.3 is 0 Å². The lowest BCUT2D eigenvalue weighted by molar-refractivity contribution is 0.123. The van der Waals surface area contributed by atoms with E-state index < -0.39 is 0 Å². The van der Waals surface area contributed by atoms with Crippen molar-refractivity contribution < 1.29 is 4.74 Å². The summed E-state index contributed by atoms with van der Waals surface area (Å²) in [6.45, 7) is 7.24. The van der Waals surface area contributed by atoms with Crippen LogP contribution in [0, 0.1) is 5.92 Å². The molecule has 1 heterocycles. The Kier molecular flexibility index (Phi) is 5.37. The molecule has 3 nitrogen and oxygen atoms in total. The largest absolute Gasteiger partial charge is 0.381 e. The van der Waals surface area contributed by atoms with Crippen LogP contribution in [0.15, 0.2) is 4.99 Å². The standard InChI is InChI=1S/C14H26N2OS/c1-3-14(4-2)11-18-13(16-14)15-8-5-9-17-10-12-6-7-12/h12H,3-11H2,1-2H3,(H,15,16). The number of hydrogen-bond acceptors (Lipinski definition) is 3. The van der Waals surface area contributed by atoms with E-state index in [9.17, 15) is 0 Å². The first-order valence-corrected chi connectivity index (χ1v) is 8.30. The third-order valence-corrected chi connectivity index (χ3v) is 5.17. The van der Waals surface area contributed by atoms with E-state index in [2.05, 4.69) is 24.2 Å². The highest BCUT2D eigenvalue weighted by atomic mass is 32.2. The first kappa shape index (κ1) is 14.2. The smallest absolute Gasteiger partial charge is 0.157 e. The van der Waals surface area contributed by atoms with E-state index in [0.29, 0.717) is 5.54 Å². The first-order chi connectivity index (χ1) is 8.78. The Bertz CT molecular complexity index is 286. The molecule has 2 aliphatic rings. The lowest BCUT2D eigenvalue weighted by Gasteiger charge is -2.25. The van der Waals surface area contributed by atoms with Crippen LogP contribution in [0.5, 0.6) is 0 Å². The Morgan fingerprint density at radius 2 is 2.17 bits per heavy atom. The van der Waals surface area contributed by atoms with Crippen LogP contribution in [0.3, 0.4) is 0 Å². The summed E-state index contributed by atoms with van der Waals surface area (Å²) in [5, 5.41) is 4.73. The fourth-order valence-corrected chi connectivity index (χ4v) is 3.47. The lowest BCUT2D eigenvalue weighted by atomic mass is 9.96. The number of thioether (sulfide) groups is 1. The molecule has 4 heteroatoms. The summed E-state index contributed by atoms with van der Waals surface area (Å²) < 4.78 is 5.61. The van der Waals surface area contributed by atoms with E-state index in [-0.39, 0.29) is 0 Å². The van der Waals surface area contributed by atoms with Gasteiger partial charge in [0.2, 0.25) is 0 Å². The van der Waals surface area contributed by atoms with E-state index in [0.717, 1.165) is 43.0 Å². The molecule has 1 aliphatic heterocycles. The van der Waals surface area contributed by atoms with E-state index >= 15 is 0 Å². The molecule has 1 saturated heterocycles. The molecular weight excluding hydrogens is 244 g/mol. The van der Waals surface area contributed by atoms with Crippen LogP contribution in [0.1, 0.15) is 46.0 Å². The summed E-state index contributed by atoms with van der Waals surface area (Å²) in [4.78, 5) is 4.64. The summed E-state index contributed by atoms with van der Waals surface area (Å²) in [6, 6.07) is 0. The van der Waals surface area contributed by atoms with Crippen molar-refractivity contribution in [3.8, 4) is 0 Å². The highest BCUT2D eigenvalue weighted by Crippen LogP contribution is 2.29. The van der Waals surface area contributed by atoms with Gasteiger partial charge in [0, 0.05) is 31.1 Å². The SMILES string of the molecule is CCC1(CC)CSC(=NCCCOCC2CC2)N1. The monoisotopic (exact) mass is 270 g/mol. The van der Waals surface area contributed by atoms with Crippen molar-refractivity contribution in [2.24, 2.45) is 10.9 Å². The summed E-state index contributed by atoms with van der Waals surface area (Å²) >= 11 is 1.88. The van der Waals surface area contributed by atoms with Crippen molar-refractivity contribution in [1.82, 2.24) is 5.32 Å². The minimum Gasteiger partial charge on any atom is -0.381 e. The fourth-order valence-electron chi connectivity index (χ4n) is 2.10. The van der Waals surface area contributed by atoms with Crippen LogP contribution in [0.2, 0.25) is 0 Å². The molecule has 104 valence electrons. The topological polar surface area (TPSA) is 33.6 Å². The highest BCUT2D eigenvalue weighted by molar-refractivity contribution is 8.14. The number of nitrogens with one attached hydrogen (secondary N) is 1. The second-order valence-electron chi connectivity index (χ2n) is 5.46. The molecule has 18 heavy (non-hydrogen) atoms. The minimum atomic E-state index is 0.298. The molecule has 0 amide bonds. The maximum absolute atomic E-state index is 5.61. The van der Waals surface area contributed by atoms with Gasteiger partial charge < -0.3 is 10.1 Å². The van der Waals surface area contributed by atoms with E-state index in [1.165, 1.54) is 25.7 Å². The van der Waals surface area contributed by atoms with Gasteiger partial charge in [-0.1, -0.05) is 25.6 Å². The Hall–Kier alpha value is -0.220. The quantitative estimate of drug-likeness (QED) is 0.688. The molecule has 0 aromatic rings. The summed E-state index contributed by atoms with van der Waals surface area (Å²) in [6.07, 6.45) is 6.15. The van der Waals surface area contributed by atoms with Crippen molar-refractivity contribution >= 4 is 16.9 Å². The van der Waals surface area contributed by atoms with Crippen LogP contribution in [-0.2, 0) is 4.74 Å². The molecule has 0 atom stereocenters. The summed E-state index contributed by atoms with van der Waals surface area (Å²) in [5.74, 6) is 2.04. The third-order valence-electron chi connectivity index (χ3n) is 3.96. The van der Waals surface area contributed by atoms with Gasteiger partial charge in [-0.3, -0.25) is 4.99 Å². The first-order valence-electron chi connectivity index (χ1n) is 7.31. The zero-order valence-electron chi connectivity index (χ0n) is 11.7. The molecule has 2 fully saturated rings. The van der Waals surface area contributed by atoms with Gasteiger partial charge in [0.05, 0.1) is 0 Å². The van der Waals surface area contributed by atoms with Gasteiger partial charge in [-0.05, 0) is 38.0 Å². The highest BCUT2D eigenvalue weighted by Gasteiger charge is 2.33. The van der Waals surface area contributed by atoms with Crippen LogP contribution in [0.25, 0.3) is 0 Å². The summed E-state index contributed by atoms with van der Waals surface area (Å²) in [7, 11) is 0. The van der Waals surface area contributed by atoms with E-state index in [1.54, 1.807) is 0 Å². The van der Waals surface area contributed by atoms with Gasteiger partial charge in [0.1, 0.15) is 0 Å². The predicted octanol–water partition coefficient (Wildman–Crippen LogP) is 3.05. The number of nitrogens with zero attached hydrogens (tertiary/aromatic N) is 1. The van der Waals surface area contributed by atoms with Crippen LogP contribution in [0.4, 0.5) is 0 Å². The molecule has 0 aromatic heterocycles. The third kappa shape index (κ3) is 4.16. The minimum absolute atomic E-state index is 0.298. The van der Waals surface area contributed by atoms with Gasteiger partial charge in [-0.15, -0.1) is 0 Å². The van der Waals surface area contributed by atoms with Crippen molar-refractivity contribution in [1.29, 1.82) is 0 Å². The van der Waals surface area contributed by atoms with Crippen molar-refractivity contribution in [3.63, 3.8) is 0 Å². The van der Waals surface area contributed by atoms with E-state index in [1.807, 2.05) is 11.8 Å². The van der Waals surface area contributed by atoms with E-state index in [4.69, 9.17) is 4.74 Å². The molecule has 1 aliphatic carbocycles. The maximum Gasteiger partial charge on any atom is 0.157 e. The van der Waals surface area contributed by atoms with Gasteiger partial charge in [0.15, 0.2) is 5.17 Å². The molecule has 1 saturated carbocycles. The Labute approximate surface area is 115 Å². The Morgan fingerprint density at radius 3 is 2.78 bits per heavy atom. The predicted molar refractivity (Wildman–Crippen MR) is 79.4 cm³/mol. The van der Waals surface area contributed by atoms with Gasteiger partial charge in [0.25, 0.3) is 0 Å². The zero-order chi connectivity index (χ0) is 12.8. The molecular formula is C14H26N2OS. The average Bonchev–Trinajstić information content (AvgIpc) is 3.13. The molecule has 0 radical (unpaired) electrons. The lowest BCUT2D eigenvalue weighted by Crippen LogP contribution is -2.42. The molecule has 1 N–H and O–H groups in total. The molecule has 0 unspecified atom stereocenters. The zero-order valence-corrected chi connectivity index (χ0v) is 12.5. The number of aliphatic imine (C=N–C) groups is 1. The van der Waals surface area contributed by atoms with Crippen LogP contribution in [-0.4, -0.2) is 36.2 Å². The van der Waals surface area contributed by atoms with Crippen molar-refractivity contribution in [2.75, 3.05) is 25.5 Å². The van der Waals surface area contributed by atoms with Crippen LogP contribution < -0.4 is 5.32 Å². The number of ether oxygens (including phenoxy) is 1. The van der Waals surface area contributed by atoms with Crippen LogP contribution >= 0.6 is 11.8 Å². The number of amidine groups is 1. The number of rotatable bonds is 8. The normalized spacial score (nSPS) is 24.4. The molecule has 0 bridgehead atoms. The second-order valence-corrected chi connectivity index (χ2v) is 6.42. The van der Waals surface area contributed by atoms with Gasteiger partial charge in [-0.25, -0.2) is 0 Å². The van der Waals surface area contributed by atoms with Crippen molar-refractivity contribution in [3.05, 3.63) is 0 Å². The fraction of sp³-hybridized carbons (Fsp3) is 0.929. The Balaban J connectivity index is 1.58. The maximum atomic E-state index is 5.61.